The Morgan fingerprint density at radius 1 is 1.27 bits per heavy atom. The van der Waals surface area contributed by atoms with E-state index in [1.54, 1.807) is 18.4 Å². The van der Waals surface area contributed by atoms with Crippen LogP contribution in [0.4, 0.5) is 0 Å². The monoisotopic (exact) mass is 488 g/mol. The van der Waals surface area contributed by atoms with Gasteiger partial charge in [-0.1, -0.05) is 19.1 Å². The van der Waals surface area contributed by atoms with Gasteiger partial charge in [-0.25, -0.2) is 9.98 Å². The molecule has 1 aromatic carbocycles. The highest BCUT2D eigenvalue weighted by atomic mass is 127. The van der Waals surface area contributed by atoms with E-state index in [1.165, 1.54) is 10.4 Å². The van der Waals surface area contributed by atoms with Crippen LogP contribution in [0.3, 0.4) is 0 Å². The first kappa shape index (κ1) is 22.7. The first-order valence-electron chi connectivity index (χ1n) is 8.83. The maximum absolute atomic E-state index is 5.27. The van der Waals surface area contributed by atoms with Crippen LogP contribution >= 0.6 is 35.3 Å². The van der Waals surface area contributed by atoms with Crippen LogP contribution in [0.15, 0.2) is 35.5 Å². The molecule has 0 amide bonds. The number of methoxy groups -OCH3 is 1. The van der Waals surface area contributed by atoms with Gasteiger partial charge < -0.3 is 15.4 Å². The molecule has 0 bridgehead atoms. The van der Waals surface area contributed by atoms with Crippen LogP contribution in [0.2, 0.25) is 0 Å². The molecule has 0 unspecified atom stereocenters. The van der Waals surface area contributed by atoms with Gasteiger partial charge in [0.1, 0.15) is 10.8 Å². The van der Waals surface area contributed by atoms with Crippen molar-refractivity contribution in [2.45, 2.75) is 39.7 Å². The number of aromatic nitrogens is 1. The van der Waals surface area contributed by atoms with Crippen LogP contribution < -0.4 is 15.4 Å². The van der Waals surface area contributed by atoms with Gasteiger partial charge in [-0.15, -0.1) is 35.3 Å². The fourth-order valence-electron chi connectivity index (χ4n) is 2.40. The molecule has 0 saturated heterocycles. The van der Waals surface area contributed by atoms with E-state index in [0.717, 1.165) is 49.1 Å². The van der Waals surface area contributed by atoms with Gasteiger partial charge in [-0.05, 0) is 43.9 Å². The van der Waals surface area contributed by atoms with Crippen molar-refractivity contribution in [1.82, 2.24) is 15.6 Å². The number of rotatable bonds is 9. The molecule has 1 heterocycles. The van der Waals surface area contributed by atoms with Crippen molar-refractivity contribution in [2.24, 2.45) is 4.99 Å². The molecule has 1 aromatic heterocycles. The third-order valence-corrected chi connectivity index (χ3v) is 4.86. The van der Waals surface area contributed by atoms with Crippen molar-refractivity contribution in [2.75, 3.05) is 20.2 Å². The highest BCUT2D eigenvalue weighted by molar-refractivity contribution is 14.0. The predicted octanol–water partition coefficient (Wildman–Crippen LogP) is 4.02. The Morgan fingerprint density at radius 2 is 2.12 bits per heavy atom. The van der Waals surface area contributed by atoms with Crippen molar-refractivity contribution in [3.8, 4) is 5.75 Å². The molecule has 0 atom stereocenters. The van der Waals surface area contributed by atoms with Gasteiger partial charge in [-0.2, -0.15) is 0 Å². The number of hydrogen-bond acceptors (Lipinski definition) is 4. The Morgan fingerprint density at radius 3 is 2.81 bits per heavy atom. The number of benzene rings is 1. The molecule has 2 rings (SSSR count). The summed E-state index contributed by atoms with van der Waals surface area (Å²) >= 11 is 1.74. The summed E-state index contributed by atoms with van der Waals surface area (Å²) in [6, 6.07) is 8.23. The third-order valence-electron chi connectivity index (χ3n) is 3.74. The van der Waals surface area contributed by atoms with Crippen LogP contribution in [0.1, 0.15) is 35.7 Å². The highest BCUT2D eigenvalue weighted by Crippen LogP contribution is 2.14. The molecule has 0 saturated carbocycles. The fraction of sp³-hybridized carbons (Fsp3) is 0.474. The zero-order valence-corrected chi connectivity index (χ0v) is 18.9. The van der Waals surface area contributed by atoms with Crippen molar-refractivity contribution >= 4 is 41.3 Å². The summed E-state index contributed by atoms with van der Waals surface area (Å²) < 4.78 is 5.27. The summed E-state index contributed by atoms with van der Waals surface area (Å²) in [5.74, 6) is 1.76. The molecular formula is C19H29IN4OS. The Labute approximate surface area is 177 Å². The molecule has 0 radical (unpaired) electrons. The van der Waals surface area contributed by atoms with E-state index in [2.05, 4.69) is 46.6 Å². The van der Waals surface area contributed by atoms with Gasteiger partial charge in [0, 0.05) is 24.2 Å². The molecule has 0 fully saturated rings. The summed E-state index contributed by atoms with van der Waals surface area (Å²) in [6.07, 6.45) is 5.03. The number of nitrogens with one attached hydrogen (secondary N) is 2. The number of halogens is 1. The number of aliphatic imine (C=N–C) groups is 1. The average Bonchev–Trinajstić information content (AvgIpc) is 3.11. The summed E-state index contributed by atoms with van der Waals surface area (Å²) in [7, 11) is 1.70. The van der Waals surface area contributed by atoms with Crippen LogP contribution in [0.25, 0.3) is 0 Å². The lowest BCUT2D eigenvalue weighted by molar-refractivity contribution is 0.414. The SMILES string of the molecule is CCNC(=NCc1ncc(CC)s1)NCCCc1cccc(OC)c1.I. The van der Waals surface area contributed by atoms with Gasteiger partial charge in [0.25, 0.3) is 0 Å². The Kier molecular flexibility index (Phi) is 11.3. The Hall–Kier alpha value is -1.35. The zero-order chi connectivity index (χ0) is 17.9. The first-order chi connectivity index (χ1) is 12.2. The molecule has 7 heteroatoms. The molecule has 26 heavy (non-hydrogen) atoms. The minimum Gasteiger partial charge on any atom is -0.497 e. The number of nitrogens with zero attached hydrogens (tertiary/aromatic N) is 2. The van der Waals surface area contributed by atoms with Crippen LogP contribution in [0.5, 0.6) is 5.75 Å². The average molecular weight is 488 g/mol. The third kappa shape index (κ3) is 7.90. The standard InChI is InChI=1S/C19H28N4OS.HI/c1-4-17-13-22-18(25-17)14-23-19(20-5-2)21-11-7-9-15-8-6-10-16(12-15)24-3;/h6,8,10,12-13H,4-5,7,9,11,14H2,1-3H3,(H2,20,21,23);1H. The van der Waals surface area contributed by atoms with Crippen LogP contribution in [-0.2, 0) is 19.4 Å². The smallest absolute Gasteiger partial charge is 0.191 e. The van der Waals surface area contributed by atoms with Crippen molar-refractivity contribution < 1.29 is 4.74 Å². The molecule has 2 aromatic rings. The minimum absolute atomic E-state index is 0. The van der Waals surface area contributed by atoms with E-state index >= 15 is 0 Å². The van der Waals surface area contributed by atoms with E-state index in [1.807, 2.05) is 18.3 Å². The molecule has 144 valence electrons. The lowest BCUT2D eigenvalue weighted by Crippen LogP contribution is -2.37. The number of aryl methyl sites for hydroxylation is 2. The highest BCUT2D eigenvalue weighted by Gasteiger charge is 2.02. The normalized spacial score (nSPS) is 11.0. The van der Waals surface area contributed by atoms with Gasteiger partial charge in [0.2, 0.25) is 0 Å². The predicted molar refractivity (Wildman–Crippen MR) is 121 cm³/mol. The summed E-state index contributed by atoms with van der Waals surface area (Å²) in [6.45, 7) is 6.57. The molecule has 5 nitrogen and oxygen atoms in total. The summed E-state index contributed by atoms with van der Waals surface area (Å²) in [4.78, 5) is 10.3. The molecule has 0 aliphatic rings. The van der Waals surface area contributed by atoms with E-state index in [-0.39, 0.29) is 24.0 Å². The first-order valence-corrected chi connectivity index (χ1v) is 9.65. The zero-order valence-electron chi connectivity index (χ0n) is 15.7. The lowest BCUT2D eigenvalue weighted by Gasteiger charge is -2.11. The maximum atomic E-state index is 5.27. The summed E-state index contributed by atoms with van der Waals surface area (Å²) in [5.41, 5.74) is 1.29. The number of ether oxygens (including phenoxy) is 1. The van der Waals surface area contributed by atoms with Crippen molar-refractivity contribution in [3.63, 3.8) is 0 Å². The van der Waals surface area contributed by atoms with Crippen LogP contribution in [0, 0.1) is 0 Å². The second-order valence-corrected chi connectivity index (χ2v) is 6.85. The maximum Gasteiger partial charge on any atom is 0.191 e. The van der Waals surface area contributed by atoms with Gasteiger partial charge in [-0.3, -0.25) is 0 Å². The Balaban J connectivity index is 0.00000338. The topological polar surface area (TPSA) is 58.5 Å². The number of hydrogen-bond donors (Lipinski definition) is 2. The van der Waals surface area contributed by atoms with Crippen molar-refractivity contribution in [1.29, 1.82) is 0 Å². The molecule has 2 N–H and O–H groups in total. The largest absolute Gasteiger partial charge is 0.497 e. The van der Waals surface area contributed by atoms with E-state index < -0.39 is 0 Å². The molecule has 0 spiro atoms. The Bertz CT molecular complexity index is 675. The fourth-order valence-corrected chi connectivity index (χ4v) is 3.19. The molecular weight excluding hydrogens is 459 g/mol. The second kappa shape index (κ2) is 12.9. The lowest BCUT2D eigenvalue weighted by atomic mass is 10.1. The molecule has 0 aliphatic heterocycles. The van der Waals surface area contributed by atoms with Crippen LogP contribution in [-0.4, -0.2) is 31.1 Å². The minimum atomic E-state index is 0. The van der Waals surface area contributed by atoms with Gasteiger partial charge in [0.15, 0.2) is 5.96 Å². The molecule has 0 aliphatic carbocycles. The number of guanidine groups is 1. The van der Waals surface area contributed by atoms with E-state index in [9.17, 15) is 0 Å². The van der Waals surface area contributed by atoms with E-state index in [4.69, 9.17) is 4.74 Å². The van der Waals surface area contributed by atoms with Gasteiger partial charge in [0.05, 0.1) is 13.7 Å². The quantitative estimate of drug-likeness (QED) is 0.242. The van der Waals surface area contributed by atoms with Gasteiger partial charge >= 0.3 is 0 Å². The van der Waals surface area contributed by atoms with E-state index in [0.29, 0.717) is 6.54 Å². The second-order valence-electron chi connectivity index (χ2n) is 5.65. The number of thiazole rings is 1. The van der Waals surface area contributed by atoms with Crippen molar-refractivity contribution in [3.05, 3.63) is 45.9 Å². The summed E-state index contributed by atoms with van der Waals surface area (Å²) in [5, 5.41) is 7.74.